The summed E-state index contributed by atoms with van der Waals surface area (Å²) < 4.78 is 29.5. The third kappa shape index (κ3) is 4.86. The predicted molar refractivity (Wildman–Crippen MR) is 123 cm³/mol. The number of ether oxygens (including phenoxy) is 2. The SMILES string of the molecule is Nc1ncnc2c1ncn2C1OC(CC2(CO)OC(N3CCC(=O)NC3=O)C(O)C2OP(=O)(O)O)C(O)C1O. The highest BCUT2D eigenvalue weighted by Crippen LogP contribution is 2.49. The van der Waals surface area contributed by atoms with Crippen LogP contribution >= 0.6 is 7.82 Å². The first-order chi connectivity index (χ1) is 18.3. The molecule has 3 fully saturated rings. The number of nitrogens with zero attached hydrogens (tertiary/aromatic N) is 5. The topological polar surface area (TPSA) is 285 Å². The van der Waals surface area contributed by atoms with E-state index in [1.54, 1.807) is 0 Å². The molecule has 39 heavy (non-hydrogen) atoms. The molecule has 20 heteroatoms. The Bertz CT molecular complexity index is 1320. The van der Waals surface area contributed by atoms with E-state index in [1.165, 1.54) is 10.9 Å². The van der Waals surface area contributed by atoms with Gasteiger partial charge in [0.1, 0.15) is 41.9 Å². The Kier molecular flexibility index (Phi) is 7.08. The van der Waals surface area contributed by atoms with E-state index in [9.17, 15) is 44.4 Å². The molecule has 0 aliphatic carbocycles. The number of anilines is 1. The Morgan fingerprint density at radius 3 is 2.56 bits per heavy atom. The molecule has 214 valence electrons. The molecule has 8 unspecified atom stereocenters. The normalized spacial score (nSPS) is 35.6. The van der Waals surface area contributed by atoms with Crippen molar-refractivity contribution in [2.75, 3.05) is 18.9 Å². The number of imide groups is 1. The van der Waals surface area contributed by atoms with Crippen molar-refractivity contribution in [3.63, 3.8) is 0 Å². The molecule has 3 aliphatic rings. The molecule has 0 saturated carbocycles. The van der Waals surface area contributed by atoms with E-state index in [1.807, 2.05) is 5.32 Å². The lowest BCUT2D eigenvalue weighted by molar-refractivity contribution is -0.165. The minimum absolute atomic E-state index is 0.0582. The molecule has 8 atom stereocenters. The smallest absolute Gasteiger partial charge is 0.393 e. The van der Waals surface area contributed by atoms with Gasteiger partial charge in [-0.05, 0) is 0 Å². The Morgan fingerprint density at radius 2 is 1.90 bits per heavy atom. The zero-order valence-corrected chi connectivity index (χ0v) is 20.8. The standard InChI is InChI=1S/C19H26N7O12P/c20-14-9-15(22-5-21-14)26(6-23-9)16-11(30)10(29)7(36-16)3-19(4-27)13(38-39(33,34)35)12(31)17(37-19)25-2-1-8(28)24-18(25)32/h5-7,10-13,16-17,27,29-31H,1-4H2,(H2,20,21,22)(H,24,28,32)(H2,33,34,35). The van der Waals surface area contributed by atoms with Crippen LogP contribution in [0.4, 0.5) is 10.6 Å². The number of aliphatic hydroxyl groups is 4. The lowest BCUT2D eigenvalue weighted by Crippen LogP contribution is -2.56. The Labute approximate surface area is 218 Å². The van der Waals surface area contributed by atoms with Crippen molar-refractivity contribution in [2.24, 2.45) is 0 Å². The van der Waals surface area contributed by atoms with E-state index in [2.05, 4.69) is 15.0 Å². The molecule has 0 spiro atoms. The summed E-state index contributed by atoms with van der Waals surface area (Å²) in [6, 6.07) is -0.945. The predicted octanol–water partition coefficient (Wildman–Crippen LogP) is -3.71. The number of nitrogens with one attached hydrogen (secondary N) is 1. The molecule has 3 aliphatic heterocycles. The molecule has 0 aromatic carbocycles. The third-order valence-electron chi connectivity index (χ3n) is 6.93. The van der Waals surface area contributed by atoms with E-state index < -0.39 is 81.4 Å². The molecule has 3 saturated heterocycles. The summed E-state index contributed by atoms with van der Waals surface area (Å²) in [6.45, 7) is -1.23. The number of phosphoric ester groups is 1. The van der Waals surface area contributed by atoms with Gasteiger partial charge in [0, 0.05) is 19.4 Å². The van der Waals surface area contributed by atoms with Crippen LogP contribution in [0.15, 0.2) is 12.7 Å². The number of aromatic nitrogens is 4. The Morgan fingerprint density at radius 1 is 1.15 bits per heavy atom. The van der Waals surface area contributed by atoms with E-state index >= 15 is 0 Å². The van der Waals surface area contributed by atoms with Gasteiger partial charge in [-0.1, -0.05) is 0 Å². The van der Waals surface area contributed by atoms with Crippen molar-refractivity contribution in [3.8, 4) is 0 Å². The molecule has 0 bridgehead atoms. The number of nitrogen functional groups attached to an aromatic ring is 1. The first-order valence-electron chi connectivity index (χ1n) is 11.6. The molecular weight excluding hydrogens is 549 g/mol. The third-order valence-corrected chi connectivity index (χ3v) is 7.44. The summed E-state index contributed by atoms with van der Waals surface area (Å²) >= 11 is 0. The molecule has 5 heterocycles. The number of carbonyl (C=O) groups is 2. The van der Waals surface area contributed by atoms with Crippen LogP contribution in [-0.2, 0) is 23.4 Å². The highest BCUT2D eigenvalue weighted by atomic mass is 31.2. The summed E-state index contributed by atoms with van der Waals surface area (Å²) in [7, 11) is -5.31. The zero-order chi connectivity index (χ0) is 28.3. The first-order valence-corrected chi connectivity index (χ1v) is 13.1. The van der Waals surface area contributed by atoms with Gasteiger partial charge in [0.15, 0.2) is 23.9 Å². The van der Waals surface area contributed by atoms with Crippen molar-refractivity contribution in [2.45, 2.75) is 61.4 Å². The number of urea groups is 1. The number of nitrogens with two attached hydrogens (primary N) is 1. The molecule has 2 aromatic rings. The van der Waals surface area contributed by atoms with E-state index in [0.717, 1.165) is 11.2 Å². The van der Waals surface area contributed by atoms with Gasteiger partial charge in [0.2, 0.25) is 5.91 Å². The van der Waals surface area contributed by atoms with Gasteiger partial charge in [0.25, 0.3) is 0 Å². The molecule has 0 radical (unpaired) electrons. The van der Waals surface area contributed by atoms with Gasteiger partial charge >= 0.3 is 13.9 Å². The highest BCUT2D eigenvalue weighted by molar-refractivity contribution is 7.46. The number of carbonyl (C=O) groups excluding carboxylic acids is 2. The van der Waals surface area contributed by atoms with E-state index in [0.29, 0.717) is 0 Å². The van der Waals surface area contributed by atoms with Gasteiger partial charge in [-0.15, -0.1) is 0 Å². The summed E-state index contributed by atoms with van der Waals surface area (Å²) in [4.78, 5) is 55.8. The van der Waals surface area contributed by atoms with Crippen LogP contribution in [0, 0.1) is 0 Å². The second-order valence-corrected chi connectivity index (χ2v) is 10.6. The molecular formula is C19H26N7O12P. The van der Waals surface area contributed by atoms with Crippen molar-refractivity contribution in [3.05, 3.63) is 12.7 Å². The second kappa shape index (κ2) is 9.97. The fourth-order valence-corrected chi connectivity index (χ4v) is 5.71. The van der Waals surface area contributed by atoms with Crippen LogP contribution in [-0.4, -0.2) is 122 Å². The van der Waals surface area contributed by atoms with Gasteiger partial charge in [-0.25, -0.2) is 24.3 Å². The van der Waals surface area contributed by atoms with Gasteiger partial charge in [-0.2, -0.15) is 0 Å². The maximum Gasteiger partial charge on any atom is 0.470 e. The molecule has 5 rings (SSSR count). The van der Waals surface area contributed by atoms with E-state index in [-0.39, 0.29) is 29.9 Å². The lowest BCUT2D eigenvalue weighted by atomic mass is 9.88. The van der Waals surface area contributed by atoms with Crippen LogP contribution in [0.25, 0.3) is 11.2 Å². The fraction of sp³-hybridized carbons (Fsp3) is 0.632. The number of aliphatic hydroxyl groups excluding tert-OH is 4. The molecule has 2 aromatic heterocycles. The van der Waals surface area contributed by atoms with Gasteiger partial charge < -0.3 is 45.4 Å². The van der Waals surface area contributed by atoms with Crippen LogP contribution in [0.5, 0.6) is 0 Å². The van der Waals surface area contributed by atoms with E-state index in [4.69, 9.17) is 19.7 Å². The molecule has 9 N–H and O–H groups in total. The average molecular weight is 575 g/mol. The Balaban J connectivity index is 1.44. The zero-order valence-electron chi connectivity index (χ0n) is 19.9. The molecule has 3 amide bonds. The number of rotatable bonds is 7. The summed E-state index contributed by atoms with van der Waals surface area (Å²) in [5, 5.41) is 45.0. The fourth-order valence-electron chi connectivity index (χ4n) is 5.09. The maximum atomic E-state index is 12.4. The van der Waals surface area contributed by atoms with Gasteiger partial charge in [-0.3, -0.25) is 24.1 Å². The minimum atomic E-state index is -5.31. The number of hydrogen-bond acceptors (Lipinski definition) is 14. The number of phosphoric acid groups is 1. The summed E-state index contributed by atoms with van der Waals surface area (Å²) in [5.74, 6) is -0.524. The number of hydrogen-bond donors (Lipinski definition) is 8. The number of amides is 3. The largest absolute Gasteiger partial charge is 0.470 e. The highest BCUT2D eigenvalue weighted by Gasteiger charge is 2.62. The Hall–Kier alpha value is -2.84. The van der Waals surface area contributed by atoms with Crippen LogP contribution < -0.4 is 11.1 Å². The van der Waals surface area contributed by atoms with Crippen LogP contribution in [0.2, 0.25) is 0 Å². The maximum absolute atomic E-state index is 12.4. The average Bonchev–Trinajstić information content (AvgIpc) is 3.49. The first kappa shape index (κ1) is 27.7. The quantitative estimate of drug-likeness (QED) is 0.147. The van der Waals surface area contributed by atoms with Crippen molar-refractivity contribution < 1.29 is 58.4 Å². The molecule has 19 nitrogen and oxygen atoms in total. The van der Waals surface area contributed by atoms with Gasteiger partial charge in [0.05, 0.1) is 19.0 Å². The summed E-state index contributed by atoms with van der Waals surface area (Å²) in [6.07, 6.45) is -9.64. The number of fused-ring (bicyclic) bond motifs is 1. The van der Waals surface area contributed by atoms with Crippen molar-refractivity contribution in [1.82, 2.24) is 29.7 Å². The van der Waals surface area contributed by atoms with Crippen LogP contribution in [0.3, 0.4) is 0 Å². The number of imidazole rings is 1. The summed E-state index contributed by atoms with van der Waals surface area (Å²) in [5.41, 5.74) is 4.02. The monoisotopic (exact) mass is 575 g/mol. The minimum Gasteiger partial charge on any atom is -0.393 e. The van der Waals surface area contributed by atoms with Crippen molar-refractivity contribution in [1.29, 1.82) is 0 Å². The van der Waals surface area contributed by atoms with Crippen molar-refractivity contribution >= 4 is 36.7 Å². The lowest BCUT2D eigenvalue weighted by Gasteiger charge is -2.36. The second-order valence-electron chi connectivity index (χ2n) is 9.37. The van der Waals surface area contributed by atoms with Crippen LogP contribution in [0.1, 0.15) is 19.1 Å².